The van der Waals surface area contributed by atoms with Crippen molar-refractivity contribution >= 4 is 6.03 Å². The van der Waals surface area contributed by atoms with Crippen molar-refractivity contribution < 1.29 is 9.90 Å². The van der Waals surface area contributed by atoms with Gasteiger partial charge >= 0.3 is 6.03 Å². The number of hydrogen-bond donors (Lipinski definition) is 3. The SMILES string of the molecule is CCN1CCCCC1CNC(=O)NC1C2CCC(C2)C1CO. The van der Waals surface area contributed by atoms with Crippen molar-refractivity contribution in [2.24, 2.45) is 17.8 Å². The van der Waals surface area contributed by atoms with Gasteiger partial charge in [0.1, 0.15) is 0 Å². The van der Waals surface area contributed by atoms with E-state index in [0.29, 0.717) is 17.9 Å². The van der Waals surface area contributed by atoms with Gasteiger partial charge in [0.05, 0.1) is 0 Å². The van der Waals surface area contributed by atoms with Crippen molar-refractivity contribution in [1.82, 2.24) is 15.5 Å². The molecule has 0 spiro atoms. The summed E-state index contributed by atoms with van der Waals surface area (Å²) in [6.45, 7) is 5.36. The van der Waals surface area contributed by atoms with Crippen LogP contribution in [0.25, 0.3) is 0 Å². The summed E-state index contributed by atoms with van der Waals surface area (Å²) in [5.41, 5.74) is 0. The maximum Gasteiger partial charge on any atom is 0.315 e. The van der Waals surface area contributed by atoms with Crippen molar-refractivity contribution in [2.45, 2.75) is 57.5 Å². The molecule has 126 valence electrons. The van der Waals surface area contributed by atoms with E-state index in [4.69, 9.17) is 0 Å². The molecule has 0 aromatic carbocycles. The zero-order valence-electron chi connectivity index (χ0n) is 13.8. The summed E-state index contributed by atoms with van der Waals surface area (Å²) < 4.78 is 0. The Labute approximate surface area is 133 Å². The maximum absolute atomic E-state index is 12.3. The number of piperidine rings is 1. The smallest absolute Gasteiger partial charge is 0.315 e. The van der Waals surface area contributed by atoms with E-state index < -0.39 is 0 Å². The third-order valence-electron chi connectivity index (χ3n) is 6.25. The zero-order chi connectivity index (χ0) is 15.5. The lowest BCUT2D eigenvalue weighted by Crippen LogP contribution is -2.52. The van der Waals surface area contributed by atoms with Crippen LogP contribution in [0.4, 0.5) is 4.79 Å². The Kier molecular flexibility index (Phi) is 5.24. The van der Waals surface area contributed by atoms with Crippen LogP contribution in [0.15, 0.2) is 0 Å². The quantitative estimate of drug-likeness (QED) is 0.722. The highest BCUT2D eigenvalue weighted by Crippen LogP contribution is 2.48. The molecule has 0 radical (unpaired) electrons. The highest BCUT2D eigenvalue weighted by molar-refractivity contribution is 5.74. The summed E-state index contributed by atoms with van der Waals surface area (Å²) in [6.07, 6.45) is 7.34. The average Bonchev–Trinajstić information content (AvgIpc) is 3.14. The topological polar surface area (TPSA) is 64.6 Å². The van der Waals surface area contributed by atoms with E-state index in [1.807, 2.05) is 0 Å². The molecule has 2 saturated carbocycles. The van der Waals surface area contributed by atoms with Crippen molar-refractivity contribution in [2.75, 3.05) is 26.2 Å². The van der Waals surface area contributed by atoms with Crippen molar-refractivity contribution in [1.29, 1.82) is 0 Å². The van der Waals surface area contributed by atoms with Gasteiger partial charge in [0.25, 0.3) is 0 Å². The minimum atomic E-state index is -0.0439. The molecular formula is C17H31N3O2. The molecule has 3 fully saturated rings. The molecule has 0 aromatic rings. The van der Waals surface area contributed by atoms with Gasteiger partial charge < -0.3 is 15.7 Å². The van der Waals surface area contributed by atoms with Gasteiger partial charge in [-0.1, -0.05) is 13.3 Å². The Bertz CT molecular complexity index is 390. The molecule has 5 nitrogen and oxygen atoms in total. The molecule has 5 unspecified atom stereocenters. The van der Waals surface area contributed by atoms with Crippen LogP contribution in [0.3, 0.4) is 0 Å². The molecule has 2 amide bonds. The summed E-state index contributed by atoms with van der Waals surface area (Å²) in [5.74, 6) is 1.47. The van der Waals surface area contributed by atoms with Crippen molar-refractivity contribution in [3.05, 3.63) is 0 Å². The average molecular weight is 309 g/mol. The van der Waals surface area contributed by atoms with Crippen LogP contribution in [0.1, 0.15) is 45.4 Å². The number of likely N-dealkylation sites (tertiary alicyclic amines) is 1. The fourth-order valence-corrected chi connectivity index (χ4v) is 5.02. The van der Waals surface area contributed by atoms with E-state index in [0.717, 1.165) is 19.6 Å². The number of likely N-dealkylation sites (N-methyl/N-ethyl adjacent to an activating group) is 1. The zero-order valence-corrected chi connectivity index (χ0v) is 13.8. The first kappa shape index (κ1) is 16.1. The van der Waals surface area contributed by atoms with E-state index in [9.17, 15) is 9.90 Å². The molecule has 2 aliphatic carbocycles. The van der Waals surface area contributed by atoms with Crippen LogP contribution in [0, 0.1) is 17.8 Å². The van der Waals surface area contributed by atoms with Crippen molar-refractivity contribution in [3.63, 3.8) is 0 Å². The molecule has 3 rings (SSSR count). The van der Waals surface area contributed by atoms with Gasteiger partial charge in [0.15, 0.2) is 0 Å². The van der Waals surface area contributed by atoms with Crippen LogP contribution >= 0.6 is 0 Å². The Hall–Kier alpha value is -0.810. The van der Waals surface area contributed by atoms with Crippen LogP contribution in [-0.4, -0.2) is 54.4 Å². The second-order valence-electron chi connectivity index (χ2n) is 7.34. The van der Waals surface area contributed by atoms with E-state index in [-0.39, 0.29) is 24.6 Å². The standard InChI is InChI=1S/C17H31N3O2/c1-2-20-8-4-3-5-14(20)10-18-17(22)19-16-13-7-6-12(9-13)15(16)11-21/h12-16,21H,2-11H2,1H3,(H2,18,19,22). The molecule has 1 saturated heterocycles. The summed E-state index contributed by atoms with van der Waals surface area (Å²) in [6, 6.07) is 0.619. The van der Waals surface area contributed by atoms with Gasteiger partial charge in [-0.05, 0) is 57.0 Å². The summed E-state index contributed by atoms with van der Waals surface area (Å²) in [4.78, 5) is 14.7. The fraction of sp³-hybridized carbons (Fsp3) is 0.941. The lowest BCUT2D eigenvalue weighted by Gasteiger charge is -2.35. The van der Waals surface area contributed by atoms with Gasteiger partial charge in [0, 0.05) is 31.2 Å². The molecular weight excluding hydrogens is 278 g/mol. The van der Waals surface area contributed by atoms with Gasteiger partial charge in [-0.2, -0.15) is 0 Å². The minimum absolute atomic E-state index is 0.0439. The Morgan fingerprint density at radius 2 is 2.05 bits per heavy atom. The fourth-order valence-electron chi connectivity index (χ4n) is 5.02. The molecule has 1 aliphatic heterocycles. The number of urea groups is 1. The van der Waals surface area contributed by atoms with Crippen molar-refractivity contribution in [3.8, 4) is 0 Å². The molecule has 22 heavy (non-hydrogen) atoms. The largest absolute Gasteiger partial charge is 0.396 e. The van der Waals surface area contributed by atoms with Crippen LogP contribution in [0.2, 0.25) is 0 Å². The number of carbonyl (C=O) groups excluding carboxylic acids is 1. The molecule has 2 bridgehead atoms. The number of hydrogen-bond acceptors (Lipinski definition) is 3. The number of aliphatic hydroxyl groups is 1. The number of amides is 2. The number of rotatable bonds is 5. The summed E-state index contributed by atoms with van der Waals surface area (Å²) in [7, 11) is 0. The Morgan fingerprint density at radius 1 is 1.23 bits per heavy atom. The van der Waals surface area contributed by atoms with Crippen LogP contribution in [0.5, 0.6) is 0 Å². The number of fused-ring (bicyclic) bond motifs is 2. The maximum atomic E-state index is 12.3. The lowest BCUT2D eigenvalue weighted by atomic mass is 9.85. The second kappa shape index (κ2) is 7.18. The Balaban J connectivity index is 1.46. The van der Waals surface area contributed by atoms with Gasteiger partial charge in [0.2, 0.25) is 0 Å². The van der Waals surface area contributed by atoms with Crippen LogP contribution in [-0.2, 0) is 0 Å². The number of aliphatic hydroxyl groups excluding tert-OH is 1. The monoisotopic (exact) mass is 309 g/mol. The number of carbonyl (C=O) groups is 1. The molecule has 1 heterocycles. The molecule has 5 heteroatoms. The lowest BCUT2D eigenvalue weighted by molar-refractivity contribution is 0.139. The first-order chi connectivity index (χ1) is 10.7. The minimum Gasteiger partial charge on any atom is -0.396 e. The van der Waals surface area contributed by atoms with Gasteiger partial charge in [-0.3, -0.25) is 4.90 Å². The molecule has 3 N–H and O–H groups in total. The predicted molar refractivity (Wildman–Crippen MR) is 86.6 cm³/mol. The van der Waals surface area contributed by atoms with E-state index in [1.165, 1.54) is 38.5 Å². The normalized spacial score (nSPS) is 38.2. The van der Waals surface area contributed by atoms with E-state index in [1.54, 1.807) is 0 Å². The molecule has 5 atom stereocenters. The second-order valence-corrected chi connectivity index (χ2v) is 7.34. The van der Waals surface area contributed by atoms with Crippen LogP contribution < -0.4 is 10.6 Å². The number of nitrogens with one attached hydrogen (secondary N) is 2. The third kappa shape index (κ3) is 3.25. The highest BCUT2D eigenvalue weighted by Gasteiger charge is 2.47. The number of nitrogens with zero attached hydrogens (tertiary/aromatic N) is 1. The van der Waals surface area contributed by atoms with E-state index >= 15 is 0 Å². The third-order valence-corrected chi connectivity index (χ3v) is 6.25. The van der Waals surface area contributed by atoms with Gasteiger partial charge in [-0.25, -0.2) is 4.79 Å². The first-order valence-electron chi connectivity index (χ1n) is 9.12. The first-order valence-corrected chi connectivity index (χ1v) is 9.12. The highest BCUT2D eigenvalue weighted by atomic mass is 16.3. The van der Waals surface area contributed by atoms with Gasteiger partial charge in [-0.15, -0.1) is 0 Å². The predicted octanol–water partition coefficient (Wildman–Crippen LogP) is 1.57. The van der Waals surface area contributed by atoms with E-state index in [2.05, 4.69) is 22.5 Å². The molecule has 0 aromatic heterocycles. The Morgan fingerprint density at radius 3 is 2.82 bits per heavy atom. The summed E-state index contributed by atoms with van der Waals surface area (Å²) in [5, 5.41) is 15.8. The summed E-state index contributed by atoms with van der Waals surface area (Å²) >= 11 is 0. The molecule has 3 aliphatic rings.